The molecule has 0 aliphatic heterocycles. The third-order valence-electron chi connectivity index (χ3n) is 7.11. The van der Waals surface area contributed by atoms with E-state index in [0.717, 1.165) is 49.0 Å². The summed E-state index contributed by atoms with van der Waals surface area (Å²) in [5, 5.41) is 0. The molecule has 0 radical (unpaired) electrons. The first kappa shape index (κ1) is 24.4. The summed E-state index contributed by atoms with van der Waals surface area (Å²) in [7, 11) is 0. The normalized spacial score (nSPS) is 18.3. The van der Waals surface area contributed by atoms with Crippen LogP contribution in [-0.2, 0) is 0 Å². The smallest absolute Gasteiger partial charge is 0.266 e. The van der Waals surface area contributed by atoms with Crippen molar-refractivity contribution in [3.63, 3.8) is 0 Å². The number of hydrogen-bond acceptors (Lipinski definition) is 1. The topological polar surface area (TPSA) is 9.23 Å². The van der Waals surface area contributed by atoms with Crippen LogP contribution in [0.1, 0.15) is 75.8 Å². The molecule has 1 fully saturated rings. The Labute approximate surface area is 201 Å². The van der Waals surface area contributed by atoms with Gasteiger partial charge in [-0.25, -0.2) is 13.2 Å². The second-order valence-corrected chi connectivity index (χ2v) is 9.27. The standard InChI is InChI=1S/C30H33F3O/c1-3-5-20-6-8-23(9-7-20)26-18-19-27(29(31)28(26)30(32)33)24-12-10-21(11-13-24)22-14-16-25(17-15-22)34-4-2/h10-20,23,30H,3-9H2,1-2H3. The van der Waals surface area contributed by atoms with Crippen LogP contribution in [0.4, 0.5) is 13.2 Å². The molecule has 1 nitrogen and oxygen atoms in total. The van der Waals surface area contributed by atoms with Gasteiger partial charge >= 0.3 is 0 Å². The average molecular weight is 467 g/mol. The molecule has 1 saturated carbocycles. The summed E-state index contributed by atoms with van der Waals surface area (Å²) in [6.07, 6.45) is 3.31. The number of alkyl halides is 2. The van der Waals surface area contributed by atoms with Crippen LogP contribution in [-0.4, -0.2) is 6.61 Å². The molecular weight excluding hydrogens is 433 g/mol. The minimum absolute atomic E-state index is 0.0164. The maximum atomic E-state index is 15.5. The van der Waals surface area contributed by atoms with E-state index in [0.29, 0.717) is 23.7 Å². The van der Waals surface area contributed by atoms with E-state index in [1.807, 2.05) is 43.3 Å². The highest BCUT2D eigenvalue weighted by Gasteiger charge is 2.29. The highest BCUT2D eigenvalue weighted by atomic mass is 19.3. The molecule has 1 aliphatic carbocycles. The van der Waals surface area contributed by atoms with E-state index < -0.39 is 17.8 Å². The molecule has 4 heteroatoms. The van der Waals surface area contributed by atoms with Gasteiger partial charge in [-0.2, -0.15) is 0 Å². The van der Waals surface area contributed by atoms with Gasteiger partial charge in [0.05, 0.1) is 12.2 Å². The third-order valence-corrected chi connectivity index (χ3v) is 7.11. The van der Waals surface area contributed by atoms with E-state index in [1.165, 1.54) is 6.42 Å². The Bertz CT molecular complexity index is 1070. The summed E-state index contributed by atoms with van der Waals surface area (Å²) in [4.78, 5) is 0. The molecule has 0 spiro atoms. The summed E-state index contributed by atoms with van der Waals surface area (Å²) in [6.45, 7) is 4.73. The molecule has 180 valence electrons. The molecule has 0 saturated heterocycles. The lowest BCUT2D eigenvalue weighted by molar-refractivity contribution is 0.143. The highest BCUT2D eigenvalue weighted by Crippen LogP contribution is 2.43. The first-order valence-corrected chi connectivity index (χ1v) is 12.5. The summed E-state index contributed by atoms with van der Waals surface area (Å²) >= 11 is 0. The second-order valence-electron chi connectivity index (χ2n) is 9.27. The van der Waals surface area contributed by atoms with Crippen molar-refractivity contribution in [2.24, 2.45) is 5.92 Å². The lowest BCUT2D eigenvalue weighted by atomic mass is 9.76. The Kier molecular flexibility index (Phi) is 7.97. The largest absolute Gasteiger partial charge is 0.494 e. The first-order chi connectivity index (χ1) is 16.5. The number of hydrogen-bond donors (Lipinski definition) is 0. The summed E-state index contributed by atoms with van der Waals surface area (Å²) in [5.74, 6) is 0.720. The van der Waals surface area contributed by atoms with Crippen LogP contribution in [0.15, 0.2) is 60.7 Å². The zero-order chi connectivity index (χ0) is 24.1. The van der Waals surface area contributed by atoms with E-state index in [-0.39, 0.29) is 11.5 Å². The Morgan fingerprint density at radius 2 is 1.38 bits per heavy atom. The Hall–Kier alpha value is -2.75. The second kappa shape index (κ2) is 11.1. The van der Waals surface area contributed by atoms with Gasteiger partial charge in [-0.15, -0.1) is 0 Å². The average Bonchev–Trinajstić information content (AvgIpc) is 2.85. The van der Waals surface area contributed by atoms with Crippen LogP contribution in [0.5, 0.6) is 5.75 Å². The van der Waals surface area contributed by atoms with Crippen molar-refractivity contribution in [1.82, 2.24) is 0 Å². The fraction of sp³-hybridized carbons (Fsp3) is 0.400. The zero-order valence-corrected chi connectivity index (χ0v) is 20.0. The molecular formula is C30H33F3O. The number of rotatable bonds is 8. The molecule has 0 amide bonds. The van der Waals surface area contributed by atoms with Crippen LogP contribution in [0.25, 0.3) is 22.3 Å². The Morgan fingerprint density at radius 1 is 0.794 bits per heavy atom. The SMILES string of the molecule is CCCC1CCC(c2ccc(-c3ccc(-c4ccc(OCC)cc4)cc3)c(F)c2C(F)F)CC1. The quantitative estimate of drug-likeness (QED) is 0.321. The fourth-order valence-electron chi connectivity index (χ4n) is 5.33. The molecule has 3 aromatic carbocycles. The van der Waals surface area contributed by atoms with Crippen LogP contribution in [0.2, 0.25) is 0 Å². The number of ether oxygens (including phenoxy) is 1. The van der Waals surface area contributed by atoms with Gasteiger partial charge < -0.3 is 4.74 Å². The summed E-state index contributed by atoms with van der Waals surface area (Å²) in [5.41, 5.74) is 2.91. The van der Waals surface area contributed by atoms with Crippen LogP contribution in [0.3, 0.4) is 0 Å². The first-order valence-electron chi connectivity index (χ1n) is 12.5. The molecule has 4 rings (SSSR count). The van der Waals surface area contributed by atoms with E-state index in [2.05, 4.69) is 6.92 Å². The van der Waals surface area contributed by atoms with Gasteiger partial charge in [0.1, 0.15) is 11.6 Å². The van der Waals surface area contributed by atoms with Gasteiger partial charge in [0.25, 0.3) is 6.43 Å². The summed E-state index contributed by atoms with van der Waals surface area (Å²) < 4.78 is 49.1. The van der Waals surface area contributed by atoms with E-state index >= 15 is 4.39 Å². The van der Waals surface area contributed by atoms with E-state index in [1.54, 1.807) is 24.3 Å². The van der Waals surface area contributed by atoms with Crippen LogP contribution < -0.4 is 4.74 Å². The van der Waals surface area contributed by atoms with E-state index in [4.69, 9.17) is 4.74 Å². The number of halogens is 3. The molecule has 0 atom stereocenters. The minimum Gasteiger partial charge on any atom is -0.494 e. The fourth-order valence-corrected chi connectivity index (χ4v) is 5.33. The van der Waals surface area contributed by atoms with Gasteiger partial charge in [0.15, 0.2) is 0 Å². The van der Waals surface area contributed by atoms with Crippen molar-refractivity contribution >= 4 is 0 Å². The van der Waals surface area contributed by atoms with Gasteiger partial charge in [-0.1, -0.05) is 68.3 Å². The zero-order valence-electron chi connectivity index (χ0n) is 20.0. The Balaban J connectivity index is 1.58. The van der Waals surface area contributed by atoms with Crippen molar-refractivity contribution in [3.05, 3.63) is 77.6 Å². The van der Waals surface area contributed by atoms with Crippen molar-refractivity contribution in [2.75, 3.05) is 6.61 Å². The van der Waals surface area contributed by atoms with Crippen LogP contribution >= 0.6 is 0 Å². The maximum absolute atomic E-state index is 15.5. The van der Waals surface area contributed by atoms with Gasteiger partial charge in [-0.3, -0.25) is 0 Å². The molecule has 0 heterocycles. The van der Waals surface area contributed by atoms with Gasteiger partial charge in [0, 0.05) is 5.56 Å². The van der Waals surface area contributed by atoms with Crippen molar-refractivity contribution in [3.8, 4) is 28.0 Å². The molecule has 0 unspecified atom stereocenters. The molecule has 3 aromatic rings. The van der Waals surface area contributed by atoms with Crippen LogP contribution in [0, 0.1) is 11.7 Å². The van der Waals surface area contributed by atoms with Crippen molar-refractivity contribution in [1.29, 1.82) is 0 Å². The number of benzene rings is 3. The van der Waals surface area contributed by atoms with Gasteiger partial charge in [0.2, 0.25) is 0 Å². The van der Waals surface area contributed by atoms with Gasteiger partial charge in [-0.05, 0) is 78.8 Å². The monoisotopic (exact) mass is 466 g/mol. The molecule has 0 bridgehead atoms. The van der Waals surface area contributed by atoms with Crippen molar-refractivity contribution < 1.29 is 17.9 Å². The lowest BCUT2D eigenvalue weighted by Gasteiger charge is -2.30. The molecule has 0 N–H and O–H groups in total. The van der Waals surface area contributed by atoms with Crippen molar-refractivity contribution in [2.45, 2.75) is 64.7 Å². The Morgan fingerprint density at radius 3 is 1.94 bits per heavy atom. The molecule has 34 heavy (non-hydrogen) atoms. The minimum atomic E-state index is -2.83. The lowest BCUT2D eigenvalue weighted by Crippen LogP contribution is -2.15. The van der Waals surface area contributed by atoms with E-state index in [9.17, 15) is 8.78 Å². The maximum Gasteiger partial charge on any atom is 0.266 e. The molecule has 1 aliphatic rings. The highest BCUT2D eigenvalue weighted by molar-refractivity contribution is 5.72. The predicted molar refractivity (Wildman–Crippen MR) is 133 cm³/mol. The molecule has 0 aromatic heterocycles. The third kappa shape index (κ3) is 5.32. The summed E-state index contributed by atoms with van der Waals surface area (Å²) in [6, 6.07) is 18.6. The predicted octanol–water partition coefficient (Wildman–Crippen LogP) is 9.57.